The Morgan fingerprint density at radius 3 is 2.13 bits per heavy atom. The lowest BCUT2D eigenvalue weighted by molar-refractivity contribution is 0.0942. The standard InChI is InChI=1S/C26H22N2O2/c29-26(22-14-16-23(17-15-22)30-19-20-9-3-1-4-10-20)28-25(21-11-5-2-6-12-21)24-13-7-8-18-27-24/h1-18,25H,19H2,(H,28,29). The number of nitrogens with one attached hydrogen (secondary N) is 1. The van der Waals surface area contributed by atoms with Gasteiger partial charge in [-0.2, -0.15) is 0 Å². The highest BCUT2D eigenvalue weighted by atomic mass is 16.5. The van der Waals surface area contributed by atoms with E-state index in [1.807, 2.05) is 91.0 Å². The first-order valence-corrected chi connectivity index (χ1v) is 9.83. The molecule has 0 aliphatic rings. The van der Waals surface area contributed by atoms with Gasteiger partial charge < -0.3 is 10.1 Å². The summed E-state index contributed by atoms with van der Waals surface area (Å²) in [5, 5.41) is 3.10. The molecule has 1 unspecified atom stereocenters. The van der Waals surface area contributed by atoms with Crippen LogP contribution in [0.4, 0.5) is 0 Å². The van der Waals surface area contributed by atoms with Gasteiger partial charge in [0.15, 0.2) is 0 Å². The molecule has 4 rings (SSSR count). The average molecular weight is 394 g/mol. The van der Waals surface area contributed by atoms with Gasteiger partial charge >= 0.3 is 0 Å². The van der Waals surface area contributed by atoms with Crippen molar-refractivity contribution >= 4 is 5.91 Å². The molecule has 0 bridgehead atoms. The molecule has 148 valence electrons. The molecule has 1 N–H and O–H groups in total. The van der Waals surface area contributed by atoms with Gasteiger partial charge in [0.2, 0.25) is 0 Å². The molecule has 4 nitrogen and oxygen atoms in total. The maximum atomic E-state index is 12.9. The zero-order valence-corrected chi connectivity index (χ0v) is 16.4. The minimum atomic E-state index is -0.325. The molecule has 1 amide bonds. The highest BCUT2D eigenvalue weighted by molar-refractivity contribution is 5.94. The second-order valence-corrected chi connectivity index (χ2v) is 6.87. The number of benzene rings is 3. The van der Waals surface area contributed by atoms with Gasteiger partial charge in [-0.1, -0.05) is 66.7 Å². The summed E-state index contributed by atoms with van der Waals surface area (Å²) in [5.74, 6) is 0.559. The van der Waals surface area contributed by atoms with Crippen LogP contribution in [0.1, 0.15) is 33.2 Å². The Hall–Kier alpha value is -3.92. The Labute approximate surface area is 176 Å². The summed E-state index contributed by atoms with van der Waals surface area (Å²) in [6.45, 7) is 0.488. The minimum Gasteiger partial charge on any atom is -0.489 e. The Morgan fingerprint density at radius 1 is 0.800 bits per heavy atom. The molecule has 0 aliphatic carbocycles. The quantitative estimate of drug-likeness (QED) is 0.470. The Balaban J connectivity index is 1.46. The van der Waals surface area contributed by atoms with Gasteiger partial charge in [0.25, 0.3) is 5.91 Å². The van der Waals surface area contributed by atoms with Crippen LogP contribution in [0.25, 0.3) is 0 Å². The molecule has 1 heterocycles. The zero-order valence-electron chi connectivity index (χ0n) is 16.4. The van der Waals surface area contributed by atoms with Crippen molar-refractivity contribution in [2.45, 2.75) is 12.6 Å². The maximum Gasteiger partial charge on any atom is 0.252 e. The predicted molar refractivity (Wildman–Crippen MR) is 117 cm³/mol. The maximum absolute atomic E-state index is 12.9. The molecular weight excluding hydrogens is 372 g/mol. The zero-order chi connectivity index (χ0) is 20.6. The van der Waals surface area contributed by atoms with Gasteiger partial charge in [0, 0.05) is 11.8 Å². The summed E-state index contributed by atoms with van der Waals surface area (Å²) >= 11 is 0. The number of carbonyl (C=O) groups is 1. The van der Waals surface area contributed by atoms with Crippen molar-refractivity contribution in [1.82, 2.24) is 10.3 Å². The summed E-state index contributed by atoms with van der Waals surface area (Å²) in [6, 6.07) is 32.4. The third kappa shape index (κ3) is 4.92. The van der Waals surface area contributed by atoms with Gasteiger partial charge in [-0.25, -0.2) is 0 Å². The number of ether oxygens (including phenoxy) is 1. The molecule has 0 saturated carbocycles. The van der Waals surface area contributed by atoms with Crippen LogP contribution in [-0.2, 0) is 6.61 Å². The lowest BCUT2D eigenvalue weighted by Crippen LogP contribution is -2.29. The average Bonchev–Trinajstić information content (AvgIpc) is 2.83. The van der Waals surface area contributed by atoms with Crippen molar-refractivity contribution < 1.29 is 9.53 Å². The van der Waals surface area contributed by atoms with E-state index in [0.29, 0.717) is 12.2 Å². The molecule has 0 radical (unpaired) electrons. The second-order valence-electron chi connectivity index (χ2n) is 6.87. The van der Waals surface area contributed by atoms with E-state index in [0.717, 1.165) is 22.6 Å². The molecule has 0 fully saturated rings. The normalized spacial score (nSPS) is 11.5. The van der Waals surface area contributed by atoms with Crippen molar-refractivity contribution in [3.63, 3.8) is 0 Å². The van der Waals surface area contributed by atoms with Crippen molar-refractivity contribution in [1.29, 1.82) is 0 Å². The summed E-state index contributed by atoms with van der Waals surface area (Å²) in [4.78, 5) is 17.3. The fourth-order valence-electron chi connectivity index (χ4n) is 3.18. The van der Waals surface area contributed by atoms with E-state index in [1.165, 1.54) is 0 Å². The molecule has 0 spiro atoms. The summed E-state index contributed by atoms with van der Waals surface area (Å²) in [7, 11) is 0. The topological polar surface area (TPSA) is 51.2 Å². The van der Waals surface area contributed by atoms with E-state index in [1.54, 1.807) is 18.3 Å². The van der Waals surface area contributed by atoms with E-state index in [-0.39, 0.29) is 11.9 Å². The van der Waals surface area contributed by atoms with Crippen molar-refractivity contribution in [2.24, 2.45) is 0 Å². The SMILES string of the molecule is O=C(NC(c1ccccc1)c1ccccn1)c1ccc(OCc2ccccc2)cc1. The highest BCUT2D eigenvalue weighted by Crippen LogP contribution is 2.21. The molecule has 1 aromatic heterocycles. The molecular formula is C26H22N2O2. The van der Waals surface area contributed by atoms with E-state index in [9.17, 15) is 4.79 Å². The van der Waals surface area contributed by atoms with Crippen LogP contribution in [0.5, 0.6) is 5.75 Å². The third-order valence-corrected chi connectivity index (χ3v) is 4.76. The number of amides is 1. The van der Waals surface area contributed by atoms with Gasteiger partial charge in [-0.05, 0) is 47.5 Å². The highest BCUT2D eigenvalue weighted by Gasteiger charge is 2.18. The molecule has 1 atom stereocenters. The summed E-state index contributed by atoms with van der Waals surface area (Å²) in [5.41, 5.74) is 3.44. The van der Waals surface area contributed by atoms with Crippen molar-refractivity contribution in [3.05, 3.63) is 132 Å². The number of hydrogen-bond acceptors (Lipinski definition) is 3. The van der Waals surface area contributed by atoms with Crippen LogP contribution >= 0.6 is 0 Å². The van der Waals surface area contributed by atoms with Gasteiger partial charge in [0.1, 0.15) is 12.4 Å². The van der Waals surface area contributed by atoms with Gasteiger partial charge in [-0.15, -0.1) is 0 Å². The molecule has 30 heavy (non-hydrogen) atoms. The molecule has 0 aliphatic heterocycles. The Morgan fingerprint density at radius 2 is 1.47 bits per heavy atom. The minimum absolute atomic E-state index is 0.163. The van der Waals surface area contributed by atoms with Gasteiger partial charge in [-0.3, -0.25) is 9.78 Å². The van der Waals surface area contributed by atoms with E-state index in [4.69, 9.17) is 4.74 Å². The number of carbonyl (C=O) groups excluding carboxylic acids is 1. The van der Waals surface area contributed by atoms with Crippen LogP contribution in [0, 0.1) is 0 Å². The first kappa shape index (κ1) is 19.4. The smallest absolute Gasteiger partial charge is 0.252 e. The predicted octanol–water partition coefficient (Wildman–Crippen LogP) is 5.18. The Bertz CT molecular complexity index is 1030. The van der Waals surface area contributed by atoms with E-state index >= 15 is 0 Å². The first-order valence-electron chi connectivity index (χ1n) is 9.83. The largest absolute Gasteiger partial charge is 0.489 e. The molecule has 4 aromatic rings. The monoisotopic (exact) mass is 394 g/mol. The molecule has 3 aromatic carbocycles. The number of nitrogens with zero attached hydrogens (tertiary/aromatic N) is 1. The summed E-state index contributed by atoms with van der Waals surface area (Å²) in [6.07, 6.45) is 1.73. The second kappa shape index (κ2) is 9.52. The molecule has 4 heteroatoms. The fourth-order valence-corrected chi connectivity index (χ4v) is 3.18. The fraction of sp³-hybridized carbons (Fsp3) is 0.0769. The van der Waals surface area contributed by atoms with Crippen molar-refractivity contribution in [2.75, 3.05) is 0 Å². The van der Waals surface area contributed by atoms with E-state index in [2.05, 4.69) is 10.3 Å². The first-order chi connectivity index (χ1) is 14.8. The Kier molecular flexibility index (Phi) is 6.16. The van der Waals surface area contributed by atoms with Crippen molar-refractivity contribution in [3.8, 4) is 5.75 Å². The third-order valence-electron chi connectivity index (χ3n) is 4.76. The van der Waals surface area contributed by atoms with Crippen LogP contribution in [0.2, 0.25) is 0 Å². The van der Waals surface area contributed by atoms with E-state index < -0.39 is 0 Å². The number of aromatic nitrogens is 1. The van der Waals surface area contributed by atoms with Crippen LogP contribution in [0.15, 0.2) is 109 Å². The number of hydrogen-bond donors (Lipinski definition) is 1. The number of rotatable bonds is 7. The molecule has 0 saturated heterocycles. The van der Waals surface area contributed by atoms with Gasteiger partial charge in [0.05, 0.1) is 11.7 Å². The lowest BCUT2D eigenvalue weighted by Gasteiger charge is -2.19. The van der Waals surface area contributed by atoms with Crippen LogP contribution in [-0.4, -0.2) is 10.9 Å². The van der Waals surface area contributed by atoms with Crippen LogP contribution in [0.3, 0.4) is 0 Å². The van der Waals surface area contributed by atoms with Crippen LogP contribution < -0.4 is 10.1 Å². The lowest BCUT2D eigenvalue weighted by atomic mass is 10.0. The number of pyridine rings is 1. The summed E-state index contributed by atoms with van der Waals surface area (Å²) < 4.78 is 5.80.